The molecule has 2 aromatic rings. The minimum atomic E-state index is -0.491. The molecular weight excluding hydrogens is 244 g/mol. The monoisotopic (exact) mass is 260 g/mol. The topological polar surface area (TPSA) is 94.0 Å². The van der Waals surface area contributed by atoms with Crippen molar-refractivity contribution in [2.75, 3.05) is 5.32 Å². The number of aromatic nitrogens is 2. The molecule has 6 heteroatoms. The second-order valence-corrected chi connectivity index (χ2v) is 4.28. The minimum Gasteiger partial charge on any atom is -0.423 e. The zero-order valence-corrected chi connectivity index (χ0v) is 10.9. The Morgan fingerprint density at radius 1 is 1.53 bits per heavy atom. The molecule has 0 fully saturated rings. The third kappa shape index (κ3) is 2.97. The molecule has 0 saturated carbocycles. The van der Waals surface area contributed by atoms with Gasteiger partial charge in [-0.15, -0.1) is 10.2 Å². The summed E-state index contributed by atoms with van der Waals surface area (Å²) in [4.78, 5) is 11.7. The predicted octanol–water partition coefficient (Wildman–Crippen LogP) is 1.72. The van der Waals surface area contributed by atoms with E-state index in [1.165, 1.54) is 6.39 Å². The van der Waals surface area contributed by atoms with E-state index in [9.17, 15) is 4.79 Å². The number of nitrogens with two attached hydrogens (primary N) is 1. The fourth-order valence-corrected chi connectivity index (χ4v) is 1.65. The number of hydrogen-bond acceptors (Lipinski definition) is 5. The van der Waals surface area contributed by atoms with Crippen molar-refractivity contribution < 1.29 is 9.21 Å². The molecule has 6 nitrogen and oxygen atoms in total. The molecule has 0 spiro atoms. The van der Waals surface area contributed by atoms with Gasteiger partial charge in [-0.1, -0.05) is 6.92 Å². The van der Waals surface area contributed by atoms with E-state index in [1.807, 2.05) is 26.0 Å². The normalized spacial score (nSPS) is 12.2. The van der Waals surface area contributed by atoms with E-state index >= 15 is 0 Å². The first-order valence-electron chi connectivity index (χ1n) is 6.05. The number of nitrogens with zero attached hydrogens (tertiary/aromatic N) is 2. The smallest absolute Gasteiger partial charge is 0.247 e. The average molecular weight is 260 g/mol. The molecule has 0 radical (unpaired) electrons. The second-order valence-electron chi connectivity index (χ2n) is 4.28. The van der Waals surface area contributed by atoms with Crippen LogP contribution in [0.2, 0.25) is 0 Å². The maximum absolute atomic E-state index is 11.7. The lowest BCUT2D eigenvalue weighted by Crippen LogP contribution is -2.34. The highest BCUT2D eigenvalue weighted by Crippen LogP contribution is 2.23. The van der Waals surface area contributed by atoms with Gasteiger partial charge in [0, 0.05) is 11.3 Å². The molecule has 1 heterocycles. The molecule has 1 atom stereocenters. The van der Waals surface area contributed by atoms with Crippen LogP contribution < -0.4 is 11.1 Å². The van der Waals surface area contributed by atoms with Crippen molar-refractivity contribution >= 4 is 11.6 Å². The quantitative estimate of drug-likeness (QED) is 0.872. The van der Waals surface area contributed by atoms with Crippen molar-refractivity contribution in [2.24, 2.45) is 5.73 Å². The van der Waals surface area contributed by atoms with Gasteiger partial charge in [-0.05, 0) is 37.1 Å². The van der Waals surface area contributed by atoms with Crippen LogP contribution in [-0.2, 0) is 4.79 Å². The summed E-state index contributed by atoms with van der Waals surface area (Å²) in [5, 5.41) is 10.3. The molecular formula is C13H16N4O2. The Morgan fingerprint density at radius 2 is 2.32 bits per heavy atom. The Bertz CT molecular complexity index is 566. The molecule has 1 aromatic heterocycles. The van der Waals surface area contributed by atoms with Gasteiger partial charge in [0.25, 0.3) is 0 Å². The van der Waals surface area contributed by atoms with Crippen molar-refractivity contribution in [3.63, 3.8) is 0 Å². The van der Waals surface area contributed by atoms with Gasteiger partial charge < -0.3 is 15.5 Å². The largest absolute Gasteiger partial charge is 0.423 e. The maximum Gasteiger partial charge on any atom is 0.247 e. The molecule has 0 bridgehead atoms. The number of rotatable bonds is 4. The molecule has 0 aliphatic rings. The Hall–Kier alpha value is -2.21. The summed E-state index contributed by atoms with van der Waals surface area (Å²) >= 11 is 0. The van der Waals surface area contributed by atoms with Gasteiger partial charge in [0.05, 0.1) is 6.04 Å². The fraction of sp³-hybridized carbons (Fsp3) is 0.308. The summed E-state index contributed by atoms with van der Waals surface area (Å²) in [6.45, 7) is 3.77. The summed E-state index contributed by atoms with van der Waals surface area (Å²) in [6, 6.07) is 5.00. The molecule has 1 aromatic carbocycles. The highest BCUT2D eigenvalue weighted by Gasteiger charge is 2.13. The van der Waals surface area contributed by atoms with E-state index in [2.05, 4.69) is 15.5 Å². The van der Waals surface area contributed by atoms with Gasteiger partial charge in [-0.2, -0.15) is 0 Å². The van der Waals surface area contributed by atoms with Gasteiger partial charge in [0.1, 0.15) is 0 Å². The van der Waals surface area contributed by atoms with Gasteiger partial charge >= 0.3 is 0 Å². The lowest BCUT2D eigenvalue weighted by molar-refractivity contribution is -0.117. The van der Waals surface area contributed by atoms with Gasteiger partial charge in [0.15, 0.2) is 0 Å². The zero-order valence-electron chi connectivity index (χ0n) is 10.9. The average Bonchev–Trinajstić information content (AvgIpc) is 2.94. The van der Waals surface area contributed by atoms with Crippen molar-refractivity contribution in [1.29, 1.82) is 0 Å². The zero-order chi connectivity index (χ0) is 13.8. The molecule has 0 aliphatic heterocycles. The van der Waals surface area contributed by atoms with Crippen LogP contribution >= 0.6 is 0 Å². The molecule has 0 unspecified atom stereocenters. The third-order valence-electron chi connectivity index (χ3n) is 2.87. The molecule has 100 valence electrons. The number of amides is 1. The van der Waals surface area contributed by atoms with E-state index in [0.717, 1.165) is 16.8 Å². The van der Waals surface area contributed by atoms with Crippen LogP contribution in [-0.4, -0.2) is 22.1 Å². The number of nitrogens with one attached hydrogen (secondary N) is 1. The van der Waals surface area contributed by atoms with E-state index in [0.29, 0.717) is 12.3 Å². The summed E-state index contributed by atoms with van der Waals surface area (Å²) in [6.07, 6.45) is 1.88. The van der Waals surface area contributed by atoms with Crippen molar-refractivity contribution in [2.45, 2.75) is 26.3 Å². The van der Waals surface area contributed by atoms with E-state index in [1.54, 1.807) is 6.07 Å². The first-order valence-corrected chi connectivity index (χ1v) is 6.05. The van der Waals surface area contributed by atoms with Crippen LogP contribution in [0.4, 0.5) is 5.69 Å². The van der Waals surface area contributed by atoms with Crippen LogP contribution in [0.1, 0.15) is 18.9 Å². The third-order valence-corrected chi connectivity index (χ3v) is 2.87. The van der Waals surface area contributed by atoms with Gasteiger partial charge in [-0.3, -0.25) is 4.79 Å². The molecule has 2 rings (SSSR count). The van der Waals surface area contributed by atoms with Crippen molar-refractivity contribution in [1.82, 2.24) is 10.2 Å². The number of carbonyl (C=O) groups is 1. The Morgan fingerprint density at radius 3 is 2.89 bits per heavy atom. The van der Waals surface area contributed by atoms with Crippen molar-refractivity contribution in [3.8, 4) is 11.5 Å². The standard InChI is InChI=1S/C13H16N4O2/c1-3-10(14)12(18)16-11-5-4-9(6-8(11)2)13-17-15-7-19-13/h4-7,10H,3,14H2,1-2H3,(H,16,18)/t10-/m0/s1. The van der Waals surface area contributed by atoms with Gasteiger partial charge in [-0.25, -0.2) is 0 Å². The van der Waals surface area contributed by atoms with E-state index in [-0.39, 0.29) is 5.91 Å². The molecule has 1 amide bonds. The lowest BCUT2D eigenvalue weighted by atomic mass is 10.1. The van der Waals surface area contributed by atoms with E-state index < -0.39 is 6.04 Å². The highest BCUT2D eigenvalue weighted by atomic mass is 16.4. The summed E-state index contributed by atoms with van der Waals surface area (Å²) in [5.41, 5.74) is 8.13. The predicted molar refractivity (Wildman–Crippen MR) is 71.4 cm³/mol. The number of hydrogen-bond donors (Lipinski definition) is 2. The van der Waals surface area contributed by atoms with Crippen molar-refractivity contribution in [3.05, 3.63) is 30.2 Å². The number of benzene rings is 1. The number of anilines is 1. The van der Waals surface area contributed by atoms with Gasteiger partial charge in [0.2, 0.25) is 18.2 Å². The molecule has 0 aliphatic carbocycles. The first kappa shape index (κ1) is 13.2. The van der Waals surface area contributed by atoms with E-state index in [4.69, 9.17) is 10.2 Å². The Labute approximate surface area is 111 Å². The summed E-state index contributed by atoms with van der Waals surface area (Å²) in [7, 11) is 0. The first-order chi connectivity index (χ1) is 9.11. The molecule has 19 heavy (non-hydrogen) atoms. The maximum atomic E-state index is 11.7. The SMILES string of the molecule is CC[C@H](N)C(=O)Nc1ccc(-c2nnco2)cc1C. The van der Waals surface area contributed by atoms with Crippen LogP contribution in [0.25, 0.3) is 11.5 Å². The highest BCUT2D eigenvalue weighted by molar-refractivity contribution is 5.95. The molecule has 3 N–H and O–H groups in total. The van der Waals surface area contributed by atoms with Crippen LogP contribution in [0.3, 0.4) is 0 Å². The van der Waals surface area contributed by atoms with Crippen LogP contribution in [0, 0.1) is 6.92 Å². The van der Waals surface area contributed by atoms with Crippen LogP contribution in [0.15, 0.2) is 29.0 Å². The minimum absolute atomic E-state index is 0.184. The van der Waals surface area contributed by atoms with Crippen LogP contribution in [0.5, 0.6) is 0 Å². The summed E-state index contributed by atoms with van der Waals surface area (Å²) < 4.78 is 5.12. The lowest BCUT2D eigenvalue weighted by Gasteiger charge is -2.12. The fourth-order valence-electron chi connectivity index (χ4n) is 1.65. The Balaban J connectivity index is 2.18. The summed E-state index contributed by atoms with van der Waals surface area (Å²) in [5.74, 6) is 0.266. The number of aryl methyl sites for hydroxylation is 1. The number of carbonyl (C=O) groups excluding carboxylic acids is 1. The second kappa shape index (κ2) is 5.62. The Kier molecular flexibility index (Phi) is 3.91. The molecule has 0 saturated heterocycles.